The van der Waals surface area contributed by atoms with Crippen LogP contribution >= 0.6 is 0 Å². The van der Waals surface area contributed by atoms with Gasteiger partial charge in [-0.3, -0.25) is 14.5 Å². The number of halogens is 1. The number of carbonyl (C=O) groups excluding carboxylic acids is 3. The van der Waals surface area contributed by atoms with Gasteiger partial charge in [0.1, 0.15) is 5.82 Å². The Kier molecular flexibility index (Phi) is 3.97. The van der Waals surface area contributed by atoms with E-state index in [0.717, 1.165) is 17.0 Å². The Morgan fingerprint density at radius 2 is 2.15 bits per heavy atom. The minimum atomic E-state index is -0.831. The number of nitrogen functional groups attached to an aromatic ring is 1. The second-order valence-corrected chi connectivity index (χ2v) is 4.35. The van der Waals surface area contributed by atoms with Gasteiger partial charge in [0.05, 0.1) is 5.56 Å². The number of ether oxygens (including phenoxy) is 1. The Morgan fingerprint density at radius 3 is 2.75 bits per heavy atom. The molecule has 0 bridgehead atoms. The minimum Gasteiger partial charge on any atom is -0.452 e. The molecule has 0 aromatic heterocycles. The number of anilines is 1. The van der Waals surface area contributed by atoms with Gasteiger partial charge in [-0.2, -0.15) is 0 Å². The highest BCUT2D eigenvalue weighted by atomic mass is 19.1. The van der Waals surface area contributed by atoms with Gasteiger partial charge in [0.2, 0.25) is 5.91 Å². The van der Waals surface area contributed by atoms with Crippen LogP contribution in [-0.4, -0.2) is 35.8 Å². The summed E-state index contributed by atoms with van der Waals surface area (Å²) in [4.78, 5) is 35.7. The van der Waals surface area contributed by atoms with Crippen molar-refractivity contribution in [2.45, 2.75) is 12.8 Å². The number of imide groups is 1. The van der Waals surface area contributed by atoms with Gasteiger partial charge in [0, 0.05) is 18.7 Å². The molecule has 0 radical (unpaired) electrons. The molecule has 2 rings (SSSR count). The summed E-state index contributed by atoms with van der Waals surface area (Å²) in [5.41, 5.74) is 5.39. The van der Waals surface area contributed by atoms with Gasteiger partial charge in [-0.05, 0) is 24.6 Å². The predicted octanol–water partition coefficient (Wildman–Crippen LogP) is 0.714. The summed E-state index contributed by atoms with van der Waals surface area (Å²) in [5.74, 6) is -2.24. The Morgan fingerprint density at radius 1 is 1.40 bits per heavy atom. The summed E-state index contributed by atoms with van der Waals surface area (Å²) in [6.45, 7) is -0.199. The number of amides is 2. The van der Waals surface area contributed by atoms with Crippen LogP contribution in [0.15, 0.2) is 18.2 Å². The van der Waals surface area contributed by atoms with Crippen LogP contribution < -0.4 is 5.73 Å². The van der Waals surface area contributed by atoms with E-state index in [2.05, 4.69) is 0 Å². The molecular formula is C13H13FN2O4. The molecule has 0 aliphatic carbocycles. The van der Waals surface area contributed by atoms with Crippen LogP contribution in [0.5, 0.6) is 0 Å². The van der Waals surface area contributed by atoms with E-state index in [1.165, 1.54) is 6.07 Å². The van der Waals surface area contributed by atoms with Crippen molar-refractivity contribution in [3.05, 3.63) is 29.6 Å². The van der Waals surface area contributed by atoms with Crippen molar-refractivity contribution in [2.75, 3.05) is 18.9 Å². The lowest BCUT2D eigenvalue weighted by atomic mass is 10.2. The standard InChI is InChI=1S/C13H13FN2O4/c14-8-3-4-9(10(15)6-8)13(19)20-7-12(18)16-5-1-2-11(16)17/h3-4,6H,1-2,5,7,15H2. The van der Waals surface area contributed by atoms with E-state index < -0.39 is 24.3 Å². The molecule has 1 aromatic rings. The second-order valence-electron chi connectivity index (χ2n) is 4.35. The van der Waals surface area contributed by atoms with Crippen LogP contribution in [0.25, 0.3) is 0 Å². The molecule has 1 fully saturated rings. The summed E-state index contributed by atoms with van der Waals surface area (Å²) in [5, 5.41) is 0. The van der Waals surface area contributed by atoms with Gasteiger partial charge >= 0.3 is 5.97 Å². The number of carbonyl (C=O) groups is 3. The first-order chi connectivity index (χ1) is 9.49. The van der Waals surface area contributed by atoms with Crippen LogP contribution in [0, 0.1) is 5.82 Å². The Bertz CT molecular complexity index is 573. The third-order valence-electron chi connectivity index (χ3n) is 2.93. The van der Waals surface area contributed by atoms with Crippen molar-refractivity contribution in [3.8, 4) is 0 Å². The van der Waals surface area contributed by atoms with E-state index in [9.17, 15) is 18.8 Å². The quantitative estimate of drug-likeness (QED) is 0.650. The zero-order valence-electron chi connectivity index (χ0n) is 10.6. The Hall–Kier alpha value is -2.44. The van der Waals surface area contributed by atoms with Crippen molar-refractivity contribution >= 4 is 23.5 Å². The molecule has 106 valence electrons. The first kappa shape index (κ1) is 14.0. The highest BCUT2D eigenvalue weighted by Gasteiger charge is 2.27. The number of rotatable bonds is 3. The molecule has 0 spiro atoms. The molecule has 20 heavy (non-hydrogen) atoms. The summed E-state index contributed by atoms with van der Waals surface area (Å²) < 4.78 is 17.6. The molecule has 1 aliphatic rings. The fourth-order valence-corrected chi connectivity index (χ4v) is 1.91. The molecule has 7 heteroatoms. The molecule has 1 saturated heterocycles. The van der Waals surface area contributed by atoms with Crippen LogP contribution in [0.2, 0.25) is 0 Å². The molecule has 0 saturated carbocycles. The number of benzene rings is 1. The van der Waals surface area contributed by atoms with E-state index in [1.807, 2.05) is 0 Å². The number of hydrogen-bond acceptors (Lipinski definition) is 5. The fraction of sp³-hybridized carbons (Fsp3) is 0.308. The van der Waals surface area contributed by atoms with Crippen LogP contribution in [0.3, 0.4) is 0 Å². The average molecular weight is 280 g/mol. The monoisotopic (exact) mass is 280 g/mol. The molecule has 1 heterocycles. The lowest BCUT2D eigenvalue weighted by Gasteiger charge is -2.13. The van der Waals surface area contributed by atoms with Gasteiger partial charge < -0.3 is 10.5 Å². The van der Waals surface area contributed by atoms with Crippen LogP contribution in [0.1, 0.15) is 23.2 Å². The topological polar surface area (TPSA) is 89.7 Å². The van der Waals surface area contributed by atoms with E-state index in [4.69, 9.17) is 10.5 Å². The molecule has 2 N–H and O–H groups in total. The van der Waals surface area contributed by atoms with Crippen molar-refractivity contribution < 1.29 is 23.5 Å². The zero-order chi connectivity index (χ0) is 14.7. The highest BCUT2D eigenvalue weighted by molar-refractivity contribution is 5.99. The van der Waals surface area contributed by atoms with Crippen LogP contribution in [-0.2, 0) is 14.3 Å². The Balaban J connectivity index is 1.95. The summed E-state index contributed by atoms with van der Waals surface area (Å²) in [6.07, 6.45) is 0.939. The van der Waals surface area contributed by atoms with Crippen molar-refractivity contribution in [2.24, 2.45) is 0 Å². The normalized spacial score (nSPS) is 14.4. The number of likely N-dealkylation sites (tertiary alicyclic amines) is 1. The molecule has 0 unspecified atom stereocenters. The molecule has 1 aliphatic heterocycles. The third kappa shape index (κ3) is 2.93. The van der Waals surface area contributed by atoms with E-state index in [0.29, 0.717) is 19.4 Å². The second kappa shape index (κ2) is 5.68. The SMILES string of the molecule is Nc1cc(F)ccc1C(=O)OCC(=O)N1CCCC1=O. The molecule has 2 amide bonds. The fourth-order valence-electron chi connectivity index (χ4n) is 1.91. The zero-order valence-corrected chi connectivity index (χ0v) is 10.6. The number of hydrogen-bond donors (Lipinski definition) is 1. The summed E-state index contributed by atoms with van der Waals surface area (Å²) >= 11 is 0. The van der Waals surface area contributed by atoms with Gasteiger partial charge in [0.15, 0.2) is 6.61 Å². The number of nitrogens with two attached hydrogens (primary N) is 1. The van der Waals surface area contributed by atoms with Gasteiger partial charge in [-0.1, -0.05) is 0 Å². The number of nitrogens with zero attached hydrogens (tertiary/aromatic N) is 1. The summed E-state index contributed by atoms with van der Waals surface area (Å²) in [7, 11) is 0. The van der Waals surface area contributed by atoms with Gasteiger partial charge in [-0.15, -0.1) is 0 Å². The highest BCUT2D eigenvalue weighted by Crippen LogP contribution is 2.15. The maximum atomic E-state index is 12.8. The maximum absolute atomic E-state index is 12.8. The third-order valence-corrected chi connectivity index (χ3v) is 2.93. The van der Waals surface area contributed by atoms with E-state index in [-0.39, 0.29) is 17.2 Å². The molecular weight excluding hydrogens is 267 g/mol. The number of esters is 1. The molecule has 6 nitrogen and oxygen atoms in total. The van der Waals surface area contributed by atoms with Crippen LogP contribution in [0.4, 0.5) is 10.1 Å². The molecule has 1 aromatic carbocycles. The molecule has 0 atom stereocenters. The van der Waals surface area contributed by atoms with E-state index in [1.54, 1.807) is 0 Å². The van der Waals surface area contributed by atoms with Crippen molar-refractivity contribution in [1.82, 2.24) is 4.90 Å². The maximum Gasteiger partial charge on any atom is 0.340 e. The predicted molar refractivity (Wildman–Crippen MR) is 67.0 cm³/mol. The van der Waals surface area contributed by atoms with Crippen molar-refractivity contribution in [3.63, 3.8) is 0 Å². The lowest BCUT2D eigenvalue weighted by Crippen LogP contribution is -2.35. The summed E-state index contributed by atoms with van der Waals surface area (Å²) in [6, 6.07) is 3.24. The lowest BCUT2D eigenvalue weighted by molar-refractivity contribution is -0.143. The first-order valence-corrected chi connectivity index (χ1v) is 6.04. The first-order valence-electron chi connectivity index (χ1n) is 6.04. The van der Waals surface area contributed by atoms with Gasteiger partial charge in [-0.25, -0.2) is 9.18 Å². The minimum absolute atomic E-state index is 0.0213. The smallest absolute Gasteiger partial charge is 0.340 e. The van der Waals surface area contributed by atoms with Gasteiger partial charge in [0.25, 0.3) is 5.91 Å². The Labute approximate surface area is 114 Å². The van der Waals surface area contributed by atoms with Crippen molar-refractivity contribution in [1.29, 1.82) is 0 Å². The largest absolute Gasteiger partial charge is 0.452 e. The van der Waals surface area contributed by atoms with E-state index >= 15 is 0 Å². The average Bonchev–Trinajstić information content (AvgIpc) is 2.82.